The first kappa shape index (κ1) is 15.1. The Bertz CT molecular complexity index is 425. The van der Waals surface area contributed by atoms with E-state index in [1.165, 1.54) is 19.3 Å². The summed E-state index contributed by atoms with van der Waals surface area (Å²) in [5, 5.41) is 11.3. The van der Waals surface area contributed by atoms with Crippen molar-refractivity contribution in [1.29, 1.82) is 0 Å². The van der Waals surface area contributed by atoms with Crippen molar-refractivity contribution in [2.45, 2.75) is 44.8 Å². The molecule has 1 saturated heterocycles. The summed E-state index contributed by atoms with van der Waals surface area (Å²) in [6.45, 7) is 4.31. The average Bonchev–Trinajstić information content (AvgIpc) is 2.40. The number of halogens is 2. The van der Waals surface area contributed by atoms with Crippen LogP contribution in [0.1, 0.15) is 44.3 Å². The number of nitrogens with zero attached hydrogens (tertiary/aromatic N) is 1. The minimum absolute atomic E-state index is 0.475. The third kappa shape index (κ3) is 3.85. The van der Waals surface area contributed by atoms with Gasteiger partial charge in [-0.1, -0.05) is 41.8 Å². The summed E-state index contributed by atoms with van der Waals surface area (Å²) in [5.74, 6) is 0. The van der Waals surface area contributed by atoms with Gasteiger partial charge in [-0.25, -0.2) is 0 Å². The number of aliphatic hydroxyl groups excluding tert-OH is 1. The van der Waals surface area contributed by atoms with Crippen molar-refractivity contribution >= 4 is 23.2 Å². The van der Waals surface area contributed by atoms with Gasteiger partial charge in [-0.05, 0) is 38.8 Å². The summed E-state index contributed by atoms with van der Waals surface area (Å²) in [5.41, 5.74) is 0.735. The number of likely N-dealkylation sites (tertiary alicyclic amines) is 1. The summed E-state index contributed by atoms with van der Waals surface area (Å²) in [7, 11) is 0. The van der Waals surface area contributed by atoms with Crippen LogP contribution in [0.2, 0.25) is 10.0 Å². The highest BCUT2D eigenvalue weighted by molar-refractivity contribution is 6.42. The van der Waals surface area contributed by atoms with E-state index in [4.69, 9.17) is 23.2 Å². The largest absolute Gasteiger partial charge is 0.388 e. The Morgan fingerprint density at radius 3 is 2.89 bits per heavy atom. The highest BCUT2D eigenvalue weighted by Crippen LogP contribution is 2.31. The maximum atomic E-state index is 10.3. The molecule has 2 unspecified atom stereocenters. The molecule has 0 saturated carbocycles. The monoisotopic (exact) mass is 301 g/mol. The number of hydrogen-bond donors (Lipinski definition) is 1. The number of hydrogen-bond acceptors (Lipinski definition) is 2. The van der Waals surface area contributed by atoms with E-state index in [1.807, 2.05) is 12.1 Å². The van der Waals surface area contributed by atoms with E-state index in [0.717, 1.165) is 18.7 Å². The summed E-state index contributed by atoms with van der Waals surface area (Å²) >= 11 is 12.1. The third-order valence-corrected chi connectivity index (χ3v) is 4.80. The fourth-order valence-electron chi connectivity index (χ4n) is 2.71. The Morgan fingerprint density at radius 1 is 1.37 bits per heavy atom. The van der Waals surface area contributed by atoms with Crippen molar-refractivity contribution in [1.82, 2.24) is 4.90 Å². The van der Waals surface area contributed by atoms with Crippen molar-refractivity contribution in [3.63, 3.8) is 0 Å². The zero-order valence-electron chi connectivity index (χ0n) is 11.3. The van der Waals surface area contributed by atoms with Crippen LogP contribution in [0.25, 0.3) is 0 Å². The molecule has 2 atom stereocenters. The fourth-order valence-corrected chi connectivity index (χ4v) is 3.15. The molecule has 106 valence electrons. The lowest BCUT2D eigenvalue weighted by Crippen LogP contribution is -2.38. The molecule has 1 aliphatic heterocycles. The minimum Gasteiger partial charge on any atom is -0.388 e. The van der Waals surface area contributed by atoms with Crippen molar-refractivity contribution < 1.29 is 5.11 Å². The van der Waals surface area contributed by atoms with Gasteiger partial charge in [0, 0.05) is 18.2 Å². The second kappa shape index (κ2) is 6.94. The zero-order valence-corrected chi connectivity index (χ0v) is 12.8. The molecule has 2 nitrogen and oxygen atoms in total. The van der Waals surface area contributed by atoms with Crippen molar-refractivity contribution in [3.8, 4) is 0 Å². The van der Waals surface area contributed by atoms with E-state index in [1.54, 1.807) is 6.07 Å². The SMILES string of the molecule is CC1CCCCN1CCC(O)c1cccc(Cl)c1Cl. The lowest BCUT2D eigenvalue weighted by Gasteiger charge is -2.33. The summed E-state index contributed by atoms with van der Waals surface area (Å²) in [6.07, 6.45) is 4.00. The molecule has 0 spiro atoms. The van der Waals surface area contributed by atoms with Crippen molar-refractivity contribution in [3.05, 3.63) is 33.8 Å². The Hall–Kier alpha value is -0.280. The van der Waals surface area contributed by atoms with Crippen LogP contribution in [-0.2, 0) is 0 Å². The molecule has 1 aromatic rings. The van der Waals surface area contributed by atoms with Gasteiger partial charge in [0.05, 0.1) is 16.1 Å². The Balaban J connectivity index is 1.93. The molecular formula is C15H21Cl2NO. The van der Waals surface area contributed by atoms with Crippen LogP contribution in [0.15, 0.2) is 18.2 Å². The van der Waals surface area contributed by atoms with Gasteiger partial charge in [0.25, 0.3) is 0 Å². The molecule has 0 aliphatic carbocycles. The lowest BCUT2D eigenvalue weighted by molar-refractivity contribution is 0.109. The summed E-state index contributed by atoms with van der Waals surface area (Å²) < 4.78 is 0. The normalized spacial score (nSPS) is 22.4. The third-order valence-electron chi connectivity index (χ3n) is 3.97. The van der Waals surface area contributed by atoms with Gasteiger partial charge in [-0.15, -0.1) is 0 Å². The lowest BCUT2D eigenvalue weighted by atomic mass is 10.0. The highest BCUT2D eigenvalue weighted by Gasteiger charge is 2.20. The van der Waals surface area contributed by atoms with Crippen LogP contribution in [-0.4, -0.2) is 29.1 Å². The predicted molar refractivity (Wildman–Crippen MR) is 80.9 cm³/mol. The molecule has 1 fully saturated rings. The van der Waals surface area contributed by atoms with Gasteiger partial charge in [-0.3, -0.25) is 0 Å². The fraction of sp³-hybridized carbons (Fsp3) is 0.600. The molecule has 1 aromatic carbocycles. The maximum absolute atomic E-state index is 10.3. The minimum atomic E-state index is -0.541. The van der Waals surface area contributed by atoms with Crippen molar-refractivity contribution in [2.24, 2.45) is 0 Å². The van der Waals surface area contributed by atoms with E-state index in [0.29, 0.717) is 22.5 Å². The molecule has 2 rings (SSSR count). The van der Waals surface area contributed by atoms with Gasteiger partial charge >= 0.3 is 0 Å². The van der Waals surface area contributed by atoms with E-state index in [-0.39, 0.29) is 0 Å². The molecule has 0 aromatic heterocycles. The number of piperidine rings is 1. The Labute approximate surface area is 125 Å². The molecule has 4 heteroatoms. The van der Waals surface area contributed by atoms with E-state index < -0.39 is 6.10 Å². The van der Waals surface area contributed by atoms with E-state index >= 15 is 0 Å². The van der Waals surface area contributed by atoms with Crippen molar-refractivity contribution in [2.75, 3.05) is 13.1 Å². The first-order valence-corrected chi connectivity index (χ1v) is 7.71. The molecule has 1 N–H and O–H groups in total. The molecule has 19 heavy (non-hydrogen) atoms. The number of aliphatic hydroxyl groups is 1. The van der Waals surface area contributed by atoms with Crippen LogP contribution in [0.4, 0.5) is 0 Å². The Kier molecular flexibility index (Phi) is 5.52. The van der Waals surface area contributed by atoms with Gasteiger partial charge in [0.1, 0.15) is 0 Å². The summed E-state index contributed by atoms with van der Waals surface area (Å²) in [4.78, 5) is 2.45. The van der Waals surface area contributed by atoms with Crippen LogP contribution < -0.4 is 0 Å². The standard InChI is InChI=1S/C15H21Cl2NO/c1-11-5-2-3-9-18(11)10-8-14(19)12-6-4-7-13(16)15(12)17/h4,6-7,11,14,19H,2-3,5,8-10H2,1H3. The molecule has 1 aliphatic rings. The van der Waals surface area contributed by atoms with Gasteiger partial charge in [-0.2, -0.15) is 0 Å². The van der Waals surface area contributed by atoms with Crippen LogP contribution in [0.3, 0.4) is 0 Å². The van der Waals surface area contributed by atoms with Gasteiger partial charge in [0.2, 0.25) is 0 Å². The molecule has 0 amide bonds. The topological polar surface area (TPSA) is 23.5 Å². The first-order valence-electron chi connectivity index (χ1n) is 6.95. The molecule has 1 heterocycles. The first-order chi connectivity index (χ1) is 9.09. The number of rotatable bonds is 4. The van der Waals surface area contributed by atoms with Gasteiger partial charge < -0.3 is 10.0 Å². The van der Waals surface area contributed by atoms with E-state index in [9.17, 15) is 5.11 Å². The molecule has 0 radical (unpaired) electrons. The zero-order chi connectivity index (χ0) is 13.8. The Morgan fingerprint density at radius 2 is 2.16 bits per heavy atom. The average molecular weight is 302 g/mol. The number of benzene rings is 1. The quantitative estimate of drug-likeness (QED) is 0.897. The van der Waals surface area contributed by atoms with E-state index in [2.05, 4.69) is 11.8 Å². The van der Waals surface area contributed by atoms with Crippen LogP contribution in [0, 0.1) is 0 Å². The smallest absolute Gasteiger partial charge is 0.0817 e. The second-order valence-electron chi connectivity index (χ2n) is 5.33. The molecular weight excluding hydrogens is 281 g/mol. The highest BCUT2D eigenvalue weighted by atomic mass is 35.5. The predicted octanol–water partition coefficient (Wildman–Crippen LogP) is 4.29. The van der Waals surface area contributed by atoms with Gasteiger partial charge in [0.15, 0.2) is 0 Å². The molecule has 0 bridgehead atoms. The van der Waals surface area contributed by atoms with Crippen LogP contribution in [0.5, 0.6) is 0 Å². The second-order valence-corrected chi connectivity index (χ2v) is 6.11. The summed E-state index contributed by atoms with van der Waals surface area (Å²) in [6, 6.07) is 6.04. The maximum Gasteiger partial charge on any atom is 0.0817 e. The van der Waals surface area contributed by atoms with Crippen LogP contribution >= 0.6 is 23.2 Å².